The van der Waals surface area contributed by atoms with Crippen molar-refractivity contribution < 1.29 is 9.84 Å². The average molecular weight is 437 g/mol. The van der Waals surface area contributed by atoms with Gasteiger partial charge in [0.2, 0.25) is 5.88 Å². The van der Waals surface area contributed by atoms with Crippen molar-refractivity contribution in [3.63, 3.8) is 0 Å². The molecule has 0 atom stereocenters. The average Bonchev–Trinajstić information content (AvgIpc) is 2.69. The number of rotatable bonds is 5. The van der Waals surface area contributed by atoms with E-state index in [4.69, 9.17) is 33.5 Å². The standard InChI is InChI=1S/C20H25ClN4O3S/c1-4-24-18(26)17(19(27)25(5-2)20(24)29)13(3)22-15-12-14(21)6-7-16(15)23-8-10-28-11-9-23/h6-7,12,26H,4-5,8-11H2,1-3H3. The number of benzene rings is 1. The number of aromatic nitrogens is 2. The van der Waals surface area contributed by atoms with Gasteiger partial charge in [-0.05, 0) is 51.2 Å². The Morgan fingerprint density at radius 1 is 1.24 bits per heavy atom. The summed E-state index contributed by atoms with van der Waals surface area (Å²) < 4.78 is 8.74. The lowest BCUT2D eigenvalue weighted by Crippen LogP contribution is -2.36. The quantitative estimate of drug-likeness (QED) is 0.570. The van der Waals surface area contributed by atoms with Gasteiger partial charge in [0.15, 0.2) is 4.77 Å². The number of ether oxygens (including phenoxy) is 1. The van der Waals surface area contributed by atoms with Gasteiger partial charge in [0.05, 0.1) is 30.3 Å². The number of aliphatic imine (C=N–C) groups is 1. The van der Waals surface area contributed by atoms with Crippen LogP contribution in [0, 0.1) is 4.77 Å². The Labute approximate surface area is 179 Å². The van der Waals surface area contributed by atoms with Crippen LogP contribution in [0.3, 0.4) is 0 Å². The molecular weight excluding hydrogens is 412 g/mol. The predicted molar refractivity (Wildman–Crippen MR) is 119 cm³/mol. The Bertz CT molecular complexity index is 1050. The monoisotopic (exact) mass is 436 g/mol. The van der Waals surface area contributed by atoms with Crippen LogP contribution in [0.25, 0.3) is 0 Å². The molecule has 1 fully saturated rings. The van der Waals surface area contributed by atoms with Crippen LogP contribution in [0.4, 0.5) is 11.4 Å². The molecule has 3 rings (SSSR count). The highest BCUT2D eigenvalue weighted by Gasteiger charge is 2.20. The van der Waals surface area contributed by atoms with Gasteiger partial charge < -0.3 is 14.7 Å². The minimum absolute atomic E-state index is 0.148. The van der Waals surface area contributed by atoms with Crippen molar-refractivity contribution >= 4 is 40.9 Å². The van der Waals surface area contributed by atoms with Crippen LogP contribution in [0.2, 0.25) is 5.02 Å². The number of anilines is 1. The molecule has 29 heavy (non-hydrogen) atoms. The van der Waals surface area contributed by atoms with E-state index >= 15 is 0 Å². The fourth-order valence-corrected chi connectivity index (χ4v) is 4.06. The van der Waals surface area contributed by atoms with Gasteiger partial charge in [-0.25, -0.2) is 0 Å². The van der Waals surface area contributed by atoms with Crippen molar-refractivity contribution in [2.24, 2.45) is 4.99 Å². The third-order valence-electron chi connectivity index (χ3n) is 4.97. The maximum absolute atomic E-state index is 13.0. The summed E-state index contributed by atoms with van der Waals surface area (Å²) >= 11 is 11.6. The van der Waals surface area contributed by atoms with Crippen LogP contribution in [0.15, 0.2) is 28.0 Å². The zero-order valence-electron chi connectivity index (χ0n) is 16.8. The summed E-state index contributed by atoms with van der Waals surface area (Å²) in [6.07, 6.45) is 0. The third-order valence-corrected chi connectivity index (χ3v) is 5.65. The van der Waals surface area contributed by atoms with E-state index in [0.717, 1.165) is 18.8 Å². The molecule has 1 aromatic carbocycles. The Morgan fingerprint density at radius 2 is 1.90 bits per heavy atom. The van der Waals surface area contributed by atoms with E-state index in [9.17, 15) is 9.90 Å². The number of hydrogen-bond donors (Lipinski definition) is 1. The fourth-order valence-electron chi connectivity index (χ4n) is 3.46. The molecule has 1 saturated heterocycles. The van der Waals surface area contributed by atoms with Crippen LogP contribution < -0.4 is 10.5 Å². The molecule has 2 heterocycles. The summed E-state index contributed by atoms with van der Waals surface area (Å²) in [6.45, 7) is 9.06. The number of morpholine rings is 1. The minimum Gasteiger partial charge on any atom is -0.494 e. The van der Waals surface area contributed by atoms with Gasteiger partial charge in [-0.1, -0.05) is 11.6 Å². The summed E-state index contributed by atoms with van der Waals surface area (Å²) in [5, 5.41) is 11.3. The molecule has 9 heteroatoms. The lowest BCUT2D eigenvalue weighted by molar-refractivity contribution is 0.123. The zero-order chi connectivity index (χ0) is 21.1. The predicted octanol–water partition coefficient (Wildman–Crippen LogP) is 3.76. The van der Waals surface area contributed by atoms with E-state index in [1.165, 1.54) is 9.13 Å². The van der Waals surface area contributed by atoms with Crippen LogP contribution in [0.1, 0.15) is 26.3 Å². The van der Waals surface area contributed by atoms with E-state index < -0.39 is 0 Å². The second kappa shape index (κ2) is 9.11. The normalized spacial score (nSPS) is 15.0. The lowest BCUT2D eigenvalue weighted by atomic mass is 10.2. The Kier molecular flexibility index (Phi) is 6.77. The number of hydrogen-bond acceptors (Lipinski definition) is 6. The first-order chi connectivity index (χ1) is 13.9. The lowest BCUT2D eigenvalue weighted by Gasteiger charge is -2.30. The largest absolute Gasteiger partial charge is 0.494 e. The molecular formula is C20H25ClN4O3S. The molecule has 7 nitrogen and oxygen atoms in total. The molecule has 2 aromatic rings. The first-order valence-corrected chi connectivity index (χ1v) is 10.4. The minimum atomic E-state index is -0.351. The Balaban J connectivity index is 2.17. The van der Waals surface area contributed by atoms with Crippen molar-refractivity contribution in [1.82, 2.24) is 9.13 Å². The molecule has 1 aromatic heterocycles. The van der Waals surface area contributed by atoms with E-state index in [2.05, 4.69) is 4.90 Å². The van der Waals surface area contributed by atoms with Gasteiger partial charge in [-0.15, -0.1) is 0 Å². The smallest absolute Gasteiger partial charge is 0.267 e. The summed E-state index contributed by atoms with van der Waals surface area (Å²) in [5.74, 6) is -0.164. The van der Waals surface area contributed by atoms with E-state index in [1.54, 1.807) is 13.0 Å². The number of halogens is 1. The second-order valence-corrected chi connectivity index (χ2v) is 7.51. The van der Waals surface area contributed by atoms with Crippen LogP contribution >= 0.6 is 23.8 Å². The molecule has 0 amide bonds. The maximum atomic E-state index is 13.0. The molecule has 0 saturated carbocycles. The van der Waals surface area contributed by atoms with Crippen LogP contribution in [-0.4, -0.2) is 46.3 Å². The highest BCUT2D eigenvalue weighted by Crippen LogP contribution is 2.33. The SMILES string of the molecule is CCn1c(O)c(C(C)=Nc2cc(Cl)ccc2N2CCOCC2)c(=O)n(CC)c1=S. The summed E-state index contributed by atoms with van der Waals surface area (Å²) in [6, 6.07) is 5.50. The first kappa shape index (κ1) is 21.5. The van der Waals surface area contributed by atoms with Crippen molar-refractivity contribution in [3.05, 3.63) is 43.9 Å². The molecule has 1 N–H and O–H groups in total. The van der Waals surface area contributed by atoms with Crippen molar-refractivity contribution in [1.29, 1.82) is 0 Å². The zero-order valence-corrected chi connectivity index (χ0v) is 18.4. The van der Waals surface area contributed by atoms with Crippen molar-refractivity contribution in [2.45, 2.75) is 33.9 Å². The molecule has 1 aliphatic rings. The molecule has 0 aliphatic carbocycles. The second-order valence-electron chi connectivity index (χ2n) is 6.70. The van der Waals surface area contributed by atoms with Gasteiger partial charge in [-0.2, -0.15) is 0 Å². The highest BCUT2D eigenvalue weighted by atomic mass is 35.5. The maximum Gasteiger partial charge on any atom is 0.267 e. The van der Waals surface area contributed by atoms with Crippen LogP contribution in [-0.2, 0) is 17.8 Å². The molecule has 1 aliphatic heterocycles. The van der Waals surface area contributed by atoms with E-state index in [-0.39, 0.29) is 17.0 Å². The van der Waals surface area contributed by atoms with E-state index in [0.29, 0.717) is 47.5 Å². The summed E-state index contributed by atoms with van der Waals surface area (Å²) in [4.78, 5) is 19.9. The fraction of sp³-hybridized carbons (Fsp3) is 0.450. The van der Waals surface area contributed by atoms with Crippen molar-refractivity contribution in [3.8, 4) is 5.88 Å². The van der Waals surface area contributed by atoms with Gasteiger partial charge in [0, 0.05) is 31.2 Å². The molecule has 0 unspecified atom stereocenters. The summed E-state index contributed by atoms with van der Waals surface area (Å²) in [7, 11) is 0. The molecule has 156 valence electrons. The Hall–Kier alpha value is -2.16. The highest BCUT2D eigenvalue weighted by molar-refractivity contribution is 7.71. The summed E-state index contributed by atoms with van der Waals surface area (Å²) in [5.41, 5.74) is 1.76. The van der Waals surface area contributed by atoms with Gasteiger partial charge in [0.25, 0.3) is 5.56 Å². The van der Waals surface area contributed by atoms with Gasteiger partial charge >= 0.3 is 0 Å². The van der Waals surface area contributed by atoms with Crippen molar-refractivity contribution in [2.75, 3.05) is 31.2 Å². The number of nitrogens with zero attached hydrogens (tertiary/aromatic N) is 4. The molecule has 0 radical (unpaired) electrons. The van der Waals surface area contributed by atoms with E-state index in [1.807, 2.05) is 26.0 Å². The molecule has 0 bridgehead atoms. The Morgan fingerprint density at radius 3 is 2.52 bits per heavy atom. The molecule has 0 spiro atoms. The van der Waals surface area contributed by atoms with Crippen LogP contribution in [0.5, 0.6) is 5.88 Å². The van der Waals surface area contributed by atoms with Gasteiger partial charge in [0.1, 0.15) is 5.56 Å². The van der Waals surface area contributed by atoms with Gasteiger partial charge in [-0.3, -0.25) is 18.9 Å². The topological polar surface area (TPSA) is 72.0 Å². The third kappa shape index (κ3) is 4.24. The number of aromatic hydroxyl groups is 1. The first-order valence-electron chi connectivity index (χ1n) is 9.63.